The number of hydrogen-bond donors (Lipinski definition) is 1. The van der Waals surface area contributed by atoms with Gasteiger partial charge < -0.3 is 24.4 Å². The Balaban J connectivity index is 1.32. The highest BCUT2D eigenvalue weighted by molar-refractivity contribution is 5.78. The number of benzene rings is 2. The molecule has 3 aromatic rings. The van der Waals surface area contributed by atoms with Gasteiger partial charge in [-0.05, 0) is 61.2 Å². The fourth-order valence-electron chi connectivity index (χ4n) is 5.01. The number of methoxy groups -OCH3 is 1. The molecule has 9 heteroatoms. The number of likely N-dealkylation sites (tertiary alicyclic amines) is 1. The van der Waals surface area contributed by atoms with Crippen molar-refractivity contribution >= 4 is 11.8 Å². The SMILES string of the molecule is COc1ccc2cc1Oc1cccc(c1)CO[C@H]1CCN(C(=O)CCn3nccc3C)C[C@H]1NC(=O)CC2. The first-order valence-corrected chi connectivity index (χ1v) is 13.1. The zero-order valence-electron chi connectivity index (χ0n) is 21.9. The highest BCUT2D eigenvalue weighted by Gasteiger charge is 2.33. The van der Waals surface area contributed by atoms with Gasteiger partial charge in [-0.15, -0.1) is 0 Å². The number of carbonyl (C=O) groups excluding carboxylic acids is 2. The van der Waals surface area contributed by atoms with Crippen LogP contribution in [0.15, 0.2) is 54.7 Å². The number of fused-ring (bicyclic) bond motifs is 5. The lowest BCUT2D eigenvalue weighted by Gasteiger charge is -2.39. The Morgan fingerprint density at radius 3 is 2.87 bits per heavy atom. The predicted molar refractivity (Wildman–Crippen MR) is 141 cm³/mol. The summed E-state index contributed by atoms with van der Waals surface area (Å²) in [5.41, 5.74) is 2.97. The predicted octanol–water partition coefficient (Wildman–Crippen LogP) is 3.63. The van der Waals surface area contributed by atoms with E-state index in [0.29, 0.717) is 69.2 Å². The molecule has 0 radical (unpaired) electrons. The molecule has 1 N–H and O–H groups in total. The van der Waals surface area contributed by atoms with Crippen LogP contribution in [0.3, 0.4) is 0 Å². The number of rotatable bonds is 4. The summed E-state index contributed by atoms with van der Waals surface area (Å²) in [6, 6.07) is 15.1. The van der Waals surface area contributed by atoms with E-state index in [2.05, 4.69) is 10.4 Å². The highest BCUT2D eigenvalue weighted by atomic mass is 16.5. The molecule has 2 aromatic carbocycles. The Bertz CT molecular complexity index is 1290. The van der Waals surface area contributed by atoms with Crippen molar-refractivity contribution in [3.05, 3.63) is 71.5 Å². The van der Waals surface area contributed by atoms with Crippen LogP contribution in [-0.4, -0.2) is 58.8 Å². The molecule has 1 aromatic heterocycles. The summed E-state index contributed by atoms with van der Waals surface area (Å²) in [7, 11) is 1.61. The van der Waals surface area contributed by atoms with Gasteiger partial charge in [0.2, 0.25) is 11.8 Å². The lowest BCUT2D eigenvalue weighted by molar-refractivity contribution is -0.137. The van der Waals surface area contributed by atoms with Crippen molar-refractivity contribution in [1.29, 1.82) is 0 Å². The minimum atomic E-state index is -0.289. The molecule has 200 valence electrons. The van der Waals surface area contributed by atoms with Gasteiger partial charge in [-0.1, -0.05) is 18.2 Å². The van der Waals surface area contributed by atoms with Gasteiger partial charge in [0.05, 0.1) is 25.9 Å². The Kier molecular flexibility index (Phi) is 7.93. The molecule has 0 saturated carbocycles. The van der Waals surface area contributed by atoms with E-state index in [0.717, 1.165) is 16.8 Å². The first-order valence-electron chi connectivity index (χ1n) is 13.1. The van der Waals surface area contributed by atoms with Crippen LogP contribution in [0.2, 0.25) is 0 Å². The van der Waals surface area contributed by atoms with Crippen LogP contribution < -0.4 is 14.8 Å². The molecule has 9 nitrogen and oxygen atoms in total. The minimum absolute atomic E-state index is 0.0547. The minimum Gasteiger partial charge on any atom is -0.493 e. The molecule has 1 saturated heterocycles. The van der Waals surface area contributed by atoms with Crippen LogP contribution in [-0.2, 0) is 33.9 Å². The molecule has 0 unspecified atom stereocenters. The van der Waals surface area contributed by atoms with Crippen molar-refractivity contribution < 1.29 is 23.8 Å². The molecule has 5 rings (SSSR count). The maximum atomic E-state index is 13.0. The largest absolute Gasteiger partial charge is 0.493 e. The summed E-state index contributed by atoms with van der Waals surface area (Å²) in [4.78, 5) is 27.9. The summed E-state index contributed by atoms with van der Waals surface area (Å²) >= 11 is 0. The van der Waals surface area contributed by atoms with Gasteiger partial charge in [-0.25, -0.2) is 0 Å². The number of aromatic nitrogens is 2. The van der Waals surface area contributed by atoms with Crippen molar-refractivity contribution in [2.75, 3.05) is 20.2 Å². The van der Waals surface area contributed by atoms with Crippen molar-refractivity contribution in [3.8, 4) is 17.2 Å². The van der Waals surface area contributed by atoms with Crippen molar-refractivity contribution in [2.24, 2.45) is 0 Å². The molecular formula is C29H34N4O5. The molecule has 2 aliphatic rings. The number of aryl methyl sites for hydroxylation is 3. The zero-order chi connectivity index (χ0) is 26.5. The van der Waals surface area contributed by atoms with Gasteiger partial charge in [0.1, 0.15) is 5.75 Å². The van der Waals surface area contributed by atoms with Crippen LogP contribution in [0, 0.1) is 6.92 Å². The number of ether oxygens (including phenoxy) is 3. The standard InChI is InChI=1S/C29H34N4O5/c1-20-10-13-30-33(20)15-12-29(35)32-14-11-25-24(18-32)31-28(34)9-7-21-6-8-26(36-2)27(17-21)38-23-5-3-4-22(16-23)19-37-25/h3-6,8,10,13,16-17,24-25H,7,9,11-12,14-15,18-19H2,1-2H3,(H,31,34)/t24-,25+/m1/s1. The first kappa shape index (κ1) is 25.8. The second kappa shape index (κ2) is 11.7. The number of piperidine rings is 1. The third kappa shape index (κ3) is 6.16. The van der Waals surface area contributed by atoms with Crippen LogP contribution in [0.4, 0.5) is 0 Å². The summed E-state index contributed by atoms with van der Waals surface area (Å²) in [6.45, 7) is 3.89. The fraction of sp³-hybridized carbons (Fsp3) is 0.414. The van der Waals surface area contributed by atoms with Gasteiger partial charge in [0.15, 0.2) is 11.5 Å². The van der Waals surface area contributed by atoms with E-state index >= 15 is 0 Å². The third-order valence-electron chi connectivity index (χ3n) is 7.17. The molecule has 1 fully saturated rings. The van der Waals surface area contributed by atoms with Crippen LogP contribution in [0.1, 0.15) is 36.1 Å². The molecule has 38 heavy (non-hydrogen) atoms. The lowest BCUT2D eigenvalue weighted by Crippen LogP contribution is -2.57. The molecule has 0 spiro atoms. The van der Waals surface area contributed by atoms with Crippen LogP contribution in [0.25, 0.3) is 0 Å². The first-order chi connectivity index (χ1) is 18.5. The number of nitrogens with one attached hydrogen (secondary N) is 1. The van der Waals surface area contributed by atoms with E-state index in [1.807, 2.05) is 65.0 Å². The van der Waals surface area contributed by atoms with Crippen LogP contribution >= 0.6 is 0 Å². The molecule has 2 atom stereocenters. The molecular weight excluding hydrogens is 484 g/mol. The molecule has 2 aliphatic heterocycles. The van der Waals surface area contributed by atoms with E-state index in [-0.39, 0.29) is 24.0 Å². The number of amides is 2. The maximum Gasteiger partial charge on any atom is 0.224 e. The Morgan fingerprint density at radius 2 is 2.05 bits per heavy atom. The van der Waals surface area contributed by atoms with E-state index in [4.69, 9.17) is 14.2 Å². The van der Waals surface area contributed by atoms with Crippen molar-refractivity contribution in [1.82, 2.24) is 20.0 Å². The fourth-order valence-corrected chi connectivity index (χ4v) is 5.01. The highest BCUT2D eigenvalue weighted by Crippen LogP contribution is 2.33. The maximum absolute atomic E-state index is 13.0. The van der Waals surface area contributed by atoms with Gasteiger partial charge in [-0.2, -0.15) is 5.10 Å². The average Bonchev–Trinajstić information content (AvgIpc) is 3.34. The van der Waals surface area contributed by atoms with Gasteiger partial charge in [0.25, 0.3) is 0 Å². The van der Waals surface area contributed by atoms with E-state index in [1.54, 1.807) is 13.3 Å². The second-order valence-corrected chi connectivity index (χ2v) is 9.83. The normalized spacial score (nSPS) is 19.8. The molecule has 4 bridgehead atoms. The molecule has 3 heterocycles. The van der Waals surface area contributed by atoms with Crippen molar-refractivity contribution in [3.63, 3.8) is 0 Å². The van der Waals surface area contributed by atoms with Crippen LogP contribution in [0.5, 0.6) is 17.2 Å². The average molecular weight is 519 g/mol. The third-order valence-corrected chi connectivity index (χ3v) is 7.17. The second-order valence-electron chi connectivity index (χ2n) is 9.83. The topological polar surface area (TPSA) is 94.9 Å². The molecule has 2 amide bonds. The zero-order valence-corrected chi connectivity index (χ0v) is 21.9. The van der Waals surface area contributed by atoms with Gasteiger partial charge in [-0.3, -0.25) is 14.3 Å². The smallest absolute Gasteiger partial charge is 0.224 e. The van der Waals surface area contributed by atoms with E-state index < -0.39 is 0 Å². The Labute approximate surface area is 222 Å². The number of nitrogens with zero attached hydrogens (tertiary/aromatic N) is 3. The number of carbonyl (C=O) groups is 2. The van der Waals surface area contributed by atoms with Gasteiger partial charge >= 0.3 is 0 Å². The van der Waals surface area contributed by atoms with Crippen molar-refractivity contribution in [2.45, 2.75) is 57.9 Å². The number of hydrogen-bond acceptors (Lipinski definition) is 6. The van der Waals surface area contributed by atoms with Gasteiger partial charge in [0, 0.05) is 44.4 Å². The van der Waals surface area contributed by atoms with E-state index in [9.17, 15) is 9.59 Å². The lowest BCUT2D eigenvalue weighted by atomic mass is 10.0. The summed E-state index contributed by atoms with van der Waals surface area (Å²) in [6.07, 6.45) is 3.41. The summed E-state index contributed by atoms with van der Waals surface area (Å²) in [5, 5.41) is 7.43. The summed E-state index contributed by atoms with van der Waals surface area (Å²) in [5.74, 6) is 1.90. The quantitative estimate of drug-likeness (QED) is 0.567. The Hall–Kier alpha value is -3.85. The Morgan fingerprint density at radius 1 is 1.16 bits per heavy atom. The summed E-state index contributed by atoms with van der Waals surface area (Å²) < 4.78 is 19.8. The molecule has 0 aliphatic carbocycles. The monoisotopic (exact) mass is 518 g/mol. The van der Waals surface area contributed by atoms with E-state index in [1.165, 1.54) is 0 Å².